The summed E-state index contributed by atoms with van der Waals surface area (Å²) in [5, 5.41) is 11.9. The fourth-order valence-electron chi connectivity index (χ4n) is 4.58. The zero-order valence-electron chi connectivity index (χ0n) is 19.3. The van der Waals surface area contributed by atoms with E-state index in [4.69, 9.17) is 0 Å². The highest BCUT2D eigenvalue weighted by molar-refractivity contribution is 6.13. The molecule has 4 heterocycles. The van der Waals surface area contributed by atoms with Crippen LogP contribution in [0.25, 0.3) is 16.6 Å². The minimum Gasteiger partial charge on any atom is -0.369 e. The average molecular weight is 450 g/mol. The number of hydrogen-bond acceptors (Lipinski definition) is 5. The number of nitrogens with zero attached hydrogens (tertiary/aromatic N) is 5. The second kappa shape index (κ2) is 7.84. The number of pyridine rings is 1. The van der Waals surface area contributed by atoms with Crippen LogP contribution in [-0.2, 0) is 6.54 Å². The average Bonchev–Trinajstić information content (AvgIpc) is 3.49. The number of carbonyl (C=O) groups excluding carboxylic acids is 1. The maximum Gasteiger partial charge on any atom is 0.257 e. The summed E-state index contributed by atoms with van der Waals surface area (Å²) in [4.78, 5) is 19.7. The van der Waals surface area contributed by atoms with Crippen LogP contribution in [0.2, 0.25) is 0 Å². The van der Waals surface area contributed by atoms with Crippen molar-refractivity contribution in [3.63, 3.8) is 0 Å². The normalized spacial score (nSPS) is 18.5. The van der Waals surface area contributed by atoms with E-state index >= 15 is 0 Å². The van der Waals surface area contributed by atoms with Crippen molar-refractivity contribution >= 4 is 33.8 Å². The number of benzene rings is 1. The Morgan fingerprint density at radius 3 is 2.82 bits per heavy atom. The van der Waals surface area contributed by atoms with E-state index in [-0.39, 0.29) is 17.1 Å². The molecular formula is C24H28FN7O. The quantitative estimate of drug-likeness (QED) is 0.487. The predicted molar refractivity (Wildman–Crippen MR) is 128 cm³/mol. The lowest BCUT2D eigenvalue weighted by Gasteiger charge is -2.25. The van der Waals surface area contributed by atoms with E-state index in [0.717, 1.165) is 30.6 Å². The molecule has 1 fully saturated rings. The largest absolute Gasteiger partial charge is 0.369 e. The Kier molecular flexibility index (Phi) is 5.08. The molecule has 1 aromatic carbocycles. The molecule has 1 amide bonds. The summed E-state index contributed by atoms with van der Waals surface area (Å²) >= 11 is 0. The van der Waals surface area contributed by atoms with Crippen LogP contribution in [0.4, 0.5) is 15.8 Å². The molecule has 2 N–H and O–H groups in total. The van der Waals surface area contributed by atoms with Crippen molar-refractivity contribution < 1.29 is 9.18 Å². The van der Waals surface area contributed by atoms with Crippen LogP contribution in [-0.4, -0.2) is 50.7 Å². The summed E-state index contributed by atoms with van der Waals surface area (Å²) in [6, 6.07) is 5.09. The van der Waals surface area contributed by atoms with Gasteiger partial charge in [-0.05, 0) is 46.4 Å². The molecule has 1 aliphatic heterocycles. The second-order valence-corrected chi connectivity index (χ2v) is 9.01. The number of likely N-dealkylation sites (N-methyl/N-ethyl adjacent to an activating group) is 1. The number of amides is 1. The molecule has 5 rings (SSSR count). The first-order valence-electron chi connectivity index (χ1n) is 11.2. The van der Waals surface area contributed by atoms with Gasteiger partial charge in [0.25, 0.3) is 5.91 Å². The Morgan fingerprint density at radius 1 is 1.27 bits per heavy atom. The predicted octanol–water partition coefficient (Wildman–Crippen LogP) is 3.59. The van der Waals surface area contributed by atoms with Crippen LogP contribution in [0.3, 0.4) is 0 Å². The standard InChI is InChI=1S/C24H28FN7O/c1-5-32-13-18-20(30-9-8-24(3,14-30)26-4)7-6-17(21(18)29-32)23(33)28-16-10-19(25)22-27-15(2)11-31(22)12-16/h6-7,10-13,26H,5,8-9,14H2,1-4H3,(H,28,33). The molecule has 8 nitrogen and oxygen atoms in total. The third-order valence-corrected chi connectivity index (χ3v) is 6.57. The van der Waals surface area contributed by atoms with Gasteiger partial charge in [-0.2, -0.15) is 5.10 Å². The van der Waals surface area contributed by atoms with Gasteiger partial charge in [-0.15, -0.1) is 0 Å². The molecular weight excluding hydrogens is 421 g/mol. The van der Waals surface area contributed by atoms with Crippen molar-refractivity contribution in [1.29, 1.82) is 0 Å². The summed E-state index contributed by atoms with van der Waals surface area (Å²) in [6.07, 6.45) is 6.42. The molecule has 1 aliphatic rings. The van der Waals surface area contributed by atoms with Gasteiger partial charge < -0.3 is 19.9 Å². The molecule has 172 valence electrons. The van der Waals surface area contributed by atoms with E-state index in [1.807, 2.05) is 37.0 Å². The van der Waals surface area contributed by atoms with Crippen molar-refractivity contribution in [2.24, 2.45) is 0 Å². The zero-order valence-corrected chi connectivity index (χ0v) is 19.3. The molecule has 1 saturated heterocycles. The van der Waals surface area contributed by atoms with E-state index in [1.54, 1.807) is 23.7 Å². The molecule has 0 bridgehead atoms. The number of carbonyl (C=O) groups is 1. The Bertz CT molecular complexity index is 1370. The lowest BCUT2D eigenvalue weighted by molar-refractivity contribution is 0.102. The number of anilines is 2. The second-order valence-electron chi connectivity index (χ2n) is 9.01. The van der Waals surface area contributed by atoms with E-state index < -0.39 is 5.82 Å². The third kappa shape index (κ3) is 3.72. The number of halogens is 1. The smallest absolute Gasteiger partial charge is 0.257 e. The van der Waals surface area contributed by atoms with Gasteiger partial charge in [0.15, 0.2) is 11.5 Å². The summed E-state index contributed by atoms with van der Waals surface area (Å²) < 4.78 is 17.9. The molecule has 1 unspecified atom stereocenters. The van der Waals surface area contributed by atoms with Crippen molar-refractivity contribution in [1.82, 2.24) is 24.5 Å². The molecule has 0 saturated carbocycles. The summed E-state index contributed by atoms with van der Waals surface area (Å²) in [5.74, 6) is -0.816. The lowest BCUT2D eigenvalue weighted by atomic mass is 10.0. The number of aromatic nitrogens is 4. The number of hydrogen-bond donors (Lipinski definition) is 2. The molecule has 0 spiro atoms. The van der Waals surface area contributed by atoms with Crippen molar-refractivity contribution in [2.45, 2.75) is 39.3 Å². The number of rotatable bonds is 5. The van der Waals surface area contributed by atoms with Crippen LogP contribution >= 0.6 is 0 Å². The van der Waals surface area contributed by atoms with Crippen molar-refractivity contribution in [3.05, 3.63) is 53.9 Å². The highest BCUT2D eigenvalue weighted by Crippen LogP contribution is 2.34. The fourth-order valence-corrected chi connectivity index (χ4v) is 4.58. The SMILES string of the molecule is CCn1cc2c(N3CCC(C)(NC)C3)ccc(C(=O)Nc3cc(F)c4nc(C)cn4c3)c2n1. The monoisotopic (exact) mass is 449 g/mol. The molecule has 9 heteroatoms. The van der Waals surface area contributed by atoms with Gasteiger partial charge in [-0.3, -0.25) is 9.48 Å². The molecule has 1 atom stereocenters. The van der Waals surface area contributed by atoms with Crippen LogP contribution in [0, 0.1) is 12.7 Å². The molecule has 0 aliphatic carbocycles. The van der Waals surface area contributed by atoms with Gasteiger partial charge in [0.2, 0.25) is 0 Å². The lowest BCUT2D eigenvalue weighted by Crippen LogP contribution is -2.42. The maximum absolute atomic E-state index is 14.5. The number of imidazole rings is 1. The van der Waals surface area contributed by atoms with E-state index in [2.05, 4.69) is 32.5 Å². The molecule has 0 radical (unpaired) electrons. The maximum atomic E-state index is 14.5. The highest BCUT2D eigenvalue weighted by atomic mass is 19.1. The van der Waals surface area contributed by atoms with Crippen LogP contribution in [0.15, 0.2) is 36.8 Å². The molecule has 33 heavy (non-hydrogen) atoms. The Hall–Kier alpha value is -3.46. The Balaban J connectivity index is 1.51. The van der Waals surface area contributed by atoms with Crippen LogP contribution in [0.1, 0.15) is 36.3 Å². The van der Waals surface area contributed by atoms with E-state index in [9.17, 15) is 9.18 Å². The minimum atomic E-state index is -0.488. The third-order valence-electron chi connectivity index (χ3n) is 6.57. The van der Waals surface area contributed by atoms with Crippen molar-refractivity contribution in [2.75, 3.05) is 30.4 Å². The van der Waals surface area contributed by atoms with Gasteiger partial charge in [0, 0.05) is 60.9 Å². The van der Waals surface area contributed by atoms with E-state index in [0.29, 0.717) is 29.0 Å². The first-order chi connectivity index (χ1) is 15.8. The topological polar surface area (TPSA) is 79.5 Å². The van der Waals surface area contributed by atoms with Gasteiger partial charge in [-0.25, -0.2) is 9.37 Å². The van der Waals surface area contributed by atoms with Gasteiger partial charge in [-0.1, -0.05) is 0 Å². The number of nitrogens with one attached hydrogen (secondary N) is 2. The molecule has 4 aromatic rings. The van der Waals surface area contributed by atoms with Crippen molar-refractivity contribution in [3.8, 4) is 0 Å². The Labute approximate surface area is 191 Å². The molecule has 3 aromatic heterocycles. The fraction of sp³-hybridized carbons (Fsp3) is 0.375. The summed E-state index contributed by atoms with van der Waals surface area (Å²) in [7, 11) is 1.99. The van der Waals surface area contributed by atoms with Gasteiger partial charge >= 0.3 is 0 Å². The Morgan fingerprint density at radius 2 is 2.09 bits per heavy atom. The first kappa shape index (κ1) is 21.4. The zero-order chi connectivity index (χ0) is 23.3. The van der Waals surface area contributed by atoms with Crippen LogP contribution < -0.4 is 15.5 Å². The number of aryl methyl sites for hydroxylation is 2. The van der Waals surface area contributed by atoms with E-state index in [1.165, 1.54) is 6.07 Å². The number of fused-ring (bicyclic) bond motifs is 2. The minimum absolute atomic E-state index is 0.0531. The highest BCUT2D eigenvalue weighted by Gasteiger charge is 2.33. The summed E-state index contributed by atoms with van der Waals surface area (Å²) in [6.45, 7) is 8.55. The first-order valence-corrected chi connectivity index (χ1v) is 11.2. The van der Waals surface area contributed by atoms with Crippen LogP contribution in [0.5, 0.6) is 0 Å². The summed E-state index contributed by atoms with van der Waals surface area (Å²) in [5.41, 5.74) is 3.52. The van der Waals surface area contributed by atoms with Gasteiger partial charge in [0.05, 0.1) is 16.9 Å². The van der Waals surface area contributed by atoms with Gasteiger partial charge in [0.1, 0.15) is 5.52 Å².